The van der Waals surface area contributed by atoms with E-state index in [-0.39, 0.29) is 17.9 Å². The number of ketones is 1. The number of rotatable bonds is 6. The fourth-order valence-corrected chi connectivity index (χ4v) is 3.86. The van der Waals surface area contributed by atoms with Gasteiger partial charge in [-0.1, -0.05) is 57.5 Å². The quantitative estimate of drug-likeness (QED) is 0.548. The molecule has 1 aliphatic carbocycles. The van der Waals surface area contributed by atoms with Gasteiger partial charge in [-0.2, -0.15) is 0 Å². The van der Waals surface area contributed by atoms with Crippen LogP contribution in [0.1, 0.15) is 59.4 Å². The lowest BCUT2D eigenvalue weighted by Crippen LogP contribution is -2.44. The average Bonchev–Trinajstić information content (AvgIpc) is 2.55. The highest BCUT2D eigenvalue weighted by molar-refractivity contribution is 6.02. The molecule has 1 aromatic carbocycles. The second-order valence-electron chi connectivity index (χ2n) is 8.32. The molecule has 4 atom stereocenters. The first-order chi connectivity index (χ1) is 11.7. The normalized spacial score (nSPS) is 26.1. The van der Waals surface area contributed by atoms with Gasteiger partial charge in [0.1, 0.15) is 17.3 Å². The molecule has 3 heteroatoms. The molecule has 1 fully saturated rings. The van der Waals surface area contributed by atoms with Crippen LogP contribution in [0.25, 0.3) is 0 Å². The number of esters is 1. The molecule has 3 nitrogen and oxygen atoms in total. The van der Waals surface area contributed by atoms with Crippen molar-refractivity contribution >= 4 is 11.8 Å². The predicted octanol–water partition coefficient (Wildman–Crippen LogP) is 4.83. The van der Waals surface area contributed by atoms with Gasteiger partial charge in [-0.15, -0.1) is 0 Å². The van der Waals surface area contributed by atoms with Crippen molar-refractivity contribution in [3.05, 3.63) is 35.9 Å². The molecule has 138 valence electrons. The Bertz CT molecular complexity index is 593. The minimum atomic E-state index is -1.12. The van der Waals surface area contributed by atoms with E-state index in [2.05, 4.69) is 20.8 Å². The van der Waals surface area contributed by atoms with Gasteiger partial charge < -0.3 is 4.74 Å². The third kappa shape index (κ3) is 4.71. The first kappa shape index (κ1) is 19.7. The highest BCUT2D eigenvalue weighted by Crippen LogP contribution is 2.37. The highest BCUT2D eigenvalue weighted by atomic mass is 16.5. The molecule has 0 spiro atoms. The van der Waals surface area contributed by atoms with Crippen molar-refractivity contribution in [2.45, 2.75) is 66.4 Å². The number of carbonyl (C=O) groups excluding carboxylic acids is 2. The van der Waals surface area contributed by atoms with Crippen LogP contribution in [-0.2, 0) is 20.7 Å². The molecular formula is C22H32O3. The summed E-state index contributed by atoms with van der Waals surface area (Å²) in [6, 6.07) is 9.70. The molecule has 0 aliphatic heterocycles. The van der Waals surface area contributed by atoms with E-state index in [9.17, 15) is 9.59 Å². The SMILES string of the molecule is CC(=O)[C@](C)(Cc1ccccc1)C(=O)O[C@@H]1C[C@@H](C)CC[C@@H]1C(C)C. The van der Waals surface area contributed by atoms with Gasteiger partial charge in [0.15, 0.2) is 0 Å². The first-order valence-electron chi connectivity index (χ1n) is 9.50. The van der Waals surface area contributed by atoms with E-state index in [1.54, 1.807) is 6.92 Å². The molecule has 0 amide bonds. The molecule has 1 aliphatic rings. The summed E-state index contributed by atoms with van der Waals surface area (Å²) in [6.45, 7) is 9.81. The number of carbonyl (C=O) groups is 2. The molecule has 2 rings (SSSR count). The fourth-order valence-electron chi connectivity index (χ4n) is 3.86. The van der Waals surface area contributed by atoms with Crippen molar-refractivity contribution in [2.75, 3.05) is 0 Å². The van der Waals surface area contributed by atoms with Crippen LogP contribution >= 0.6 is 0 Å². The third-order valence-electron chi connectivity index (χ3n) is 5.85. The maximum Gasteiger partial charge on any atom is 0.319 e. The summed E-state index contributed by atoms with van der Waals surface area (Å²) in [5.41, 5.74) is -0.140. The van der Waals surface area contributed by atoms with Gasteiger partial charge in [0.2, 0.25) is 0 Å². The zero-order chi connectivity index (χ0) is 18.6. The van der Waals surface area contributed by atoms with Gasteiger partial charge >= 0.3 is 5.97 Å². The van der Waals surface area contributed by atoms with Crippen molar-refractivity contribution in [2.24, 2.45) is 23.2 Å². The van der Waals surface area contributed by atoms with Crippen molar-refractivity contribution in [3.8, 4) is 0 Å². The van der Waals surface area contributed by atoms with E-state index in [1.807, 2.05) is 30.3 Å². The molecule has 0 aromatic heterocycles. The maximum atomic E-state index is 13.0. The molecule has 0 N–H and O–H groups in total. The van der Waals surface area contributed by atoms with Crippen LogP contribution in [0.15, 0.2) is 30.3 Å². The van der Waals surface area contributed by atoms with Gasteiger partial charge in [-0.05, 0) is 56.4 Å². The zero-order valence-electron chi connectivity index (χ0n) is 16.2. The molecule has 0 bridgehead atoms. The molecule has 0 heterocycles. The van der Waals surface area contributed by atoms with Crippen LogP contribution < -0.4 is 0 Å². The smallest absolute Gasteiger partial charge is 0.319 e. The Hall–Kier alpha value is -1.64. The van der Waals surface area contributed by atoms with Crippen LogP contribution in [0.3, 0.4) is 0 Å². The van der Waals surface area contributed by atoms with E-state index in [0.717, 1.165) is 18.4 Å². The van der Waals surface area contributed by atoms with Crippen molar-refractivity contribution in [1.29, 1.82) is 0 Å². The maximum absolute atomic E-state index is 13.0. The first-order valence-corrected chi connectivity index (χ1v) is 9.50. The van der Waals surface area contributed by atoms with Crippen molar-refractivity contribution < 1.29 is 14.3 Å². The lowest BCUT2D eigenvalue weighted by Gasteiger charge is -2.38. The summed E-state index contributed by atoms with van der Waals surface area (Å²) in [6.07, 6.45) is 3.48. The highest BCUT2D eigenvalue weighted by Gasteiger charge is 2.43. The van der Waals surface area contributed by atoms with E-state index >= 15 is 0 Å². The van der Waals surface area contributed by atoms with Crippen molar-refractivity contribution in [1.82, 2.24) is 0 Å². The second-order valence-corrected chi connectivity index (χ2v) is 8.32. The van der Waals surface area contributed by atoms with Crippen LogP contribution in [-0.4, -0.2) is 17.9 Å². The fraction of sp³-hybridized carbons (Fsp3) is 0.636. The number of hydrogen-bond acceptors (Lipinski definition) is 3. The lowest BCUT2D eigenvalue weighted by atomic mass is 9.75. The lowest BCUT2D eigenvalue weighted by molar-refractivity contribution is -0.169. The second kappa shape index (κ2) is 8.16. The Labute approximate surface area is 152 Å². The van der Waals surface area contributed by atoms with Gasteiger partial charge in [0, 0.05) is 0 Å². The largest absolute Gasteiger partial charge is 0.461 e. The Morgan fingerprint density at radius 3 is 2.40 bits per heavy atom. The standard InChI is InChI=1S/C22H32O3/c1-15(2)19-12-11-16(3)13-20(19)25-21(24)22(5,17(4)23)14-18-9-7-6-8-10-18/h6-10,15-16,19-20H,11-14H2,1-5H3/t16-,19+,20+,22-/m0/s1. The zero-order valence-corrected chi connectivity index (χ0v) is 16.2. The van der Waals surface area contributed by atoms with E-state index < -0.39 is 5.41 Å². The van der Waals surface area contributed by atoms with Gasteiger partial charge in [-0.3, -0.25) is 9.59 Å². The van der Waals surface area contributed by atoms with Gasteiger partial charge in [0.25, 0.3) is 0 Å². The van der Waals surface area contributed by atoms with Gasteiger partial charge in [0.05, 0.1) is 0 Å². The van der Waals surface area contributed by atoms with Crippen LogP contribution in [0.2, 0.25) is 0 Å². The Kier molecular flexibility index (Phi) is 6.42. The van der Waals surface area contributed by atoms with E-state index in [0.29, 0.717) is 24.2 Å². The monoisotopic (exact) mass is 344 g/mol. The van der Waals surface area contributed by atoms with E-state index in [4.69, 9.17) is 4.74 Å². The number of benzene rings is 1. The number of ether oxygens (including phenoxy) is 1. The molecular weight excluding hydrogens is 312 g/mol. The van der Waals surface area contributed by atoms with Crippen LogP contribution in [0.4, 0.5) is 0 Å². The summed E-state index contributed by atoms with van der Waals surface area (Å²) >= 11 is 0. The minimum absolute atomic E-state index is 0.0781. The topological polar surface area (TPSA) is 43.4 Å². The molecule has 0 saturated heterocycles. The Morgan fingerprint density at radius 1 is 1.20 bits per heavy atom. The minimum Gasteiger partial charge on any atom is -0.461 e. The number of hydrogen-bond donors (Lipinski definition) is 0. The molecule has 25 heavy (non-hydrogen) atoms. The van der Waals surface area contributed by atoms with Gasteiger partial charge in [-0.25, -0.2) is 0 Å². The summed E-state index contributed by atoms with van der Waals surface area (Å²) in [5.74, 6) is 0.918. The predicted molar refractivity (Wildman–Crippen MR) is 100 cm³/mol. The Balaban J connectivity index is 2.17. The molecule has 0 unspecified atom stereocenters. The van der Waals surface area contributed by atoms with Crippen LogP contribution in [0, 0.1) is 23.2 Å². The number of Topliss-reactive ketones (excluding diaryl/α,β-unsaturated/α-hetero) is 1. The molecule has 1 aromatic rings. The summed E-state index contributed by atoms with van der Waals surface area (Å²) in [5, 5.41) is 0. The van der Waals surface area contributed by atoms with Crippen molar-refractivity contribution in [3.63, 3.8) is 0 Å². The summed E-state index contributed by atoms with van der Waals surface area (Å²) in [4.78, 5) is 25.3. The van der Waals surface area contributed by atoms with E-state index in [1.165, 1.54) is 13.3 Å². The van der Waals surface area contributed by atoms with Crippen LogP contribution in [0.5, 0.6) is 0 Å². The average molecular weight is 344 g/mol. The third-order valence-corrected chi connectivity index (χ3v) is 5.85. The summed E-state index contributed by atoms with van der Waals surface area (Å²) in [7, 11) is 0. The Morgan fingerprint density at radius 2 is 1.84 bits per heavy atom. The summed E-state index contributed by atoms with van der Waals surface area (Å²) < 4.78 is 5.97. The molecule has 0 radical (unpaired) electrons. The molecule has 1 saturated carbocycles.